The number of aliphatic hydroxyl groups excluding tert-OH is 2. The van der Waals surface area contributed by atoms with Gasteiger partial charge in [-0.15, -0.1) is 6.04 Å². The summed E-state index contributed by atoms with van der Waals surface area (Å²) in [5.74, 6) is -3.84. The first-order valence-corrected chi connectivity index (χ1v) is 12.4. The Labute approximate surface area is 248 Å². The van der Waals surface area contributed by atoms with E-state index in [2.05, 4.69) is 0 Å². The predicted octanol–water partition coefficient (Wildman–Crippen LogP) is 1.81. The van der Waals surface area contributed by atoms with Crippen molar-refractivity contribution >= 4 is 17.3 Å². The van der Waals surface area contributed by atoms with Crippen molar-refractivity contribution in [3.05, 3.63) is 63.5 Å². The molecule has 3 aliphatic rings. The third-order valence-corrected chi connectivity index (χ3v) is 7.76. The maximum absolute atomic E-state index is 13.6. The van der Waals surface area contributed by atoms with E-state index >= 15 is 0 Å². The van der Waals surface area contributed by atoms with Crippen LogP contribution in [0.1, 0.15) is 68.8 Å². The van der Waals surface area contributed by atoms with Gasteiger partial charge in [-0.25, -0.2) is 0 Å². The summed E-state index contributed by atoms with van der Waals surface area (Å²) in [7, 11) is 1.32. The zero-order chi connectivity index (χ0) is 28.4. The molecule has 1 heterocycles. The fourth-order valence-electron chi connectivity index (χ4n) is 5.71. The van der Waals surface area contributed by atoms with Crippen molar-refractivity contribution in [2.45, 2.75) is 62.4 Å². The molecule has 0 amide bonds. The van der Waals surface area contributed by atoms with Crippen molar-refractivity contribution in [3.8, 4) is 17.2 Å². The quantitative estimate of drug-likeness (QED) is 0.236. The molecule has 0 bridgehead atoms. The summed E-state index contributed by atoms with van der Waals surface area (Å²) < 4.78 is 16.9. The molecule has 2 aromatic carbocycles. The molecule has 225 valence electrons. The fraction of sp³-hybridized carbons (Fsp3) is 0.444. The van der Waals surface area contributed by atoms with Gasteiger partial charge < -0.3 is 51.6 Å². The number of nitrogens with two attached hydrogens (primary N) is 1. The number of methoxy groups -OCH3 is 1. The Morgan fingerprint density at radius 3 is 2.41 bits per heavy atom. The largest absolute Gasteiger partial charge is 0.693 e. The molecule has 0 aromatic heterocycles. The van der Waals surface area contributed by atoms with Crippen LogP contribution in [0.15, 0.2) is 18.2 Å². The molecule has 1 aliphatic heterocycles. The number of carbonyl (C=O) groups is 3. The SMILES string of the molecule is COc1cccc2c1C(=O)c1c(O)c3c(c(O)c1C2=O)C[C@@](O)(C(=O)CO)C[C@@H]3OC1CC([NH-])C(O)C(C)O1.[Ir].[NH2-]. The zero-order valence-electron chi connectivity index (χ0n) is 22.0. The van der Waals surface area contributed by atoms with Crippen LogP contribution in [0.3, 0.4) is 0 Å². The Kier molecular flexibility index (Phi) is 9.45. The molecule has 5 rings (SSSR count). The monoisotopic (exact) mass is 751 g/mol. The molecule has 1 radical (unpaired) electrons. The molecule has 6 atom stereocenters. The van der Waals surface area contributed by atoms with Crippen LogP contribution in [0.25, 0.3) is 11.9 Å². The second-order valence-electron chi connectivity index (χ2n) is 10.1. The molecule has 1 fully saturated rings. The summed E-state index contributed by atoms with van der Waals surface area (Å²) in [4.78, 5) is 39.7. The normalized spacial score (nSPS) is 28.4. The minimum atomic E-state index is -2.26. The van der Waals surface area contributed by atoms with E-state index in [4.69, 9.17) is 19.9 Å². The number of phenolic OH excluding ortho intramolecular Hbond substituents is 2. The molecule has 41 heavy (non-hydrogen) atoms. The van der Waals surface area contributed by atoms with Crippen LogP contribution in [0, 0.1) is 0 Å². The molecule has 8 N–H and O–H groups in total. The number of fused-ring (bicyclic) bond motifs is 3. The van der Waals surface area contributed by atoms with Crippen molar-refractivity contribution in [2.24, 2.45) is 0 Å². The van der Waals surface area contributed by atoms with Gasteiger partial charge in [0.15, 0.2) is 17.9 Å². The van der Waals surface area contributed by atoms with Crippen LogP contribution in [0.2, 0.25) is 0 Å². The number of Topliss-reactive ketones (excluding diaryl/α,β-unsaturated/α-hetero) is 1. The van der Waals surface area contributed by atoms with Gasteiger partial charge in [0.05, 0.1) is 42.1 Å². The van der Waals surface area contributed by atoms with Gasteiger partial charge in [-0.1, -0.05) is 12.1 Å². The number of nitrogens with one attached hydrogen (secondary N) is 1. The summed E-state index contributed by atoms with van der Waals surface area (Å²) >= 11 is 0. The van der Waals surface area contributed by atoms with Crippen LogP contribution in [-0.4, -0.2) is 86.7 Å². The van der Waals surface area contributed by atoms with Crippen molar-refractivity contribution in [1.82, 2.24) is 0 Å². The first-order valence-electron chi connectivity index (χ1n) is 12.4. The predicted molar refractivity (Wildman–Crippen MR) is 137 cm³/mol. The number of hydrogen-bond acceptors (Lipinski definition) is 11. The Morgan fingerprint density at radius 1 is 1.15 bits per heavy atom. The minimum Gasteiger partial charge on any atom is -0.693 e. The molecule has 2 aromatic rings. The van der Waals surface area contributed by atoms with E-state index in [0.717, 1.165) is 0 Å². The summed E-state index contributed by atoms with van der Waals surface area (Å²) in [5.41, 5.74) is 4.39. The number of hydrogen-bond donors (Lipinski definition) is 5. The smallest absolute Gasteiger partial charge is 0.202 e. The van der Waals surface area contributed by atoms with E-state index in [0.29, 0.717) is 0 Å². The van der Waals surface area contributed by atoms with Crippen LogP contribution < -0.4 is 4.74 Å². The third kappa shape index (κ3) is 5.09. The summed E-state index contributed by atoms with van der Waals surface area (Å²) in [6, 6.07) is 3.37. The van der Waals surface area contributed by atoms with Crippen molar-refractivity contribution in [3.63, 3.8) is 0 Å². The van der Waals surface area contributed by atoms with Gasteiger partial charge in [-0.2, -0.15) is 0 Å². The average Bonchev–Trinajstić information content (AvgIpc) is 2.90. The first kappa shape index (κ1) is 32.7. The number of ketones is 3. The van der Waals surface area contributed by atoms with Gasteiger partial charge in [0.2, 0.25) is 5.78 Å². The number of aromatic hydroxyl groups is 2. The molecular formula is C27H30IrN2O11-2. The summed E-state index contributed by atoms with van der Waals surface area (Å²) in [5, 5.41) is 53.6. The standard InChI is InChI=1S/C27H28NO11.Ir.H2N/c1-10-22(31)13(28)6-17(38-10)39-15-8-27(36,16(30)9-29)7-12-19(15)26(35)21-20(24(12)33)23(32)11-4-3-5-14(37-2)18(11)25(21)34;;/h3-5,10,13,15,17,22,28-29,31,33,35-36H,6-9H2,1-2H3;;1H2/q-1;;-1/t10?,13?,15-,17?,22?,27-;;/m0../s1. The zero-order valence-corrected chi connectivity index (χ0v) is 24.4. The molecule has 0 saturated carbocycles. The number of carbonyl (C=O) groups excluding carboxylic acids is 3. The Hall–Kier alpha value is -2.78. The Bertz CT molecular complexity index is 1390. The molecule has 4 unspecified atom stereocenters. The van der Waals surface area contributed by atoms with E-state index in [1.807, 2.05) is 0 Å². The van der Waals surface area contributed by atoms with E-state index < -0.39 is 95.7 Å². The number of phenols is 2. The third-order valence-electron chi connectivity index (χ3n) is 7.76. The maximum Gasteiger partial charge on any atom is 0.202 e. The van der Waals surface area contributed by atoms with Gasteiger partial charge in [-0.05, 0) is 19.4 Å². The maximum atomic E-state index is 13.6. The van der Waals surface area contributed by atoms with Crippen molar-refractivity contribution in [1.29, 1.82) is 0 Å². The summed E-state index contributed by atoms with van der Waals surface area (Å²) in [6.07, 6.45) is -5.53. The first-order chi connectivity index (χ1) is 18.4. The second-order valence-corrected chi connectivity index (χ2v) is 10.1. The molecular weight excluding hydrogens is 721 g/mol. The molecule has 14 heteroatoms. The van der Waals surface area contributed by atoms with Crippen molar-refractivity contribution in [2.75, 3.05) is 13.7 Å². The van der Waals surface area contributed by atoms with Gasteiger partial charge in [0.25, 0.3) is 0 Å². The van der Waals surface area contributed by atoms with E-state index in [1.165, 1.54) is 32.2 Å². The number of benzene rings is 2. The molecule has 1 saturated heterocycles. The van der Waals surface area contributed by atoms with E-state index in [1.54, 1.807) is 0 Å². The average molecular weight is 751 g/mol. The van der Waals surface area contributed by atoms with Crippen LogP contribution >= 0.6 is 0 Å². The molecule has 0 spiro atoms. The number of aliphatic hydroxyl groups is 3. The topological polar surface area (TPSA) is 237 Å². The number of rotatable bonds is 5. The Morgan fingerprint density at radius 2 is 1.80 bits per heavy atom. The van der Waals surface area contributed by atoms with Gasteiger partial charge in [0.1, 0.15) is 29.5 Å². The van der Waals surface area contributed by atoms with Gasteiger partial charge in [0, 0.05) is 49.6 Å². The fourth-order valence-corrected chi connectivity index (χ4v) is 5.71. The van der Waals surface area contributed by atoms with Crippen LogP contribution in [-0.2, 0) is 40.8 Å². The van der Waals surface area contributed by atoms with E-state index in [-0.39, 0.29) is 60.7 Å². The van der Waals surface area contributed by atoms with Gasteiger partial charge in [-0.3, -0.25) is 14.4 Å². The molecule has 13 nitrogen and oxygen atoms in total. The minimum absolute atomic E-state index is 0. The summed E-state index contributed by atoms with van der Waals surface area (Å²) in [6.45, 7) is 0.510. The van der Waals surface area contributed by atoms with E-state index in [9.17, 15) is 39.9 Å². The van der Waals surface area contributed by atoms with Crippen molar-refractivity contribution < 1.29 is 74.2 Å². The van der Waals surface area contributed by atoms with Gasteiger partial charge >= 0.3 is 0 Å². The van der Waals surface area contributed by atoms with Crippen LogP contribution in [0.5, 0.6) is 17.2 Å². The number of ether oxygens (including phenoxy) is 3. The second kappa shape index (κ2) is 11.8. The Balaban J connectivity index is 0.00000231. The van der Waals surface area contributed by atoms with Crippen LogP contribution in [0.4, 0.5) is 0 Å². The molecule has 2 aliphatic carbocycles.